The minimum absolute atomic E-state index is 0.0862. The third-order valence-electron chi connectivity index (χ3n) is 3.35. The van der Waals surface area contributed by atoms with Crippen LogP contribution < -0.4 is 10.0 Å². The Labute approximate surface area is 126 Å². The quantitative estimate of drug-likeness (QED) is 0.553. The molecule has 1 aliphatic carbocycles. The molecule has 7 nitrogen and oxygen atoms in total. The summed E-state index contributed by atoms with van der Waals surface area (Å²) in [5.74, 6) is -0.432. The van der Waals surface area contributed by atoms with E-state index in [1.165, 1.54) is 6.42 Å². The Balaban J connectivity index is 2.14. The lowest BCUT2D eigenvalue weighted by atomic mass is 9.95. The molecule has 0 heterocycles. The Morgan fingerprint density at radius 3 is 2.52 bits per heavy atom. The van der Waals surface area contributed by atoms with E-state index in [2.05, 4.69) is 10.0 Å². The van der Waals surface area contributed by atoms with Crippen LogP contribution in [-0.2, 0) is 24.3 Å². The first-order valence-corrected chi connectivity index (χ1v) is 9.02. The van der Waals surface area contributed by atoms with Gasteiger partial charge < -0.3 is 14.8 Å². The molecule has 124 valence electrons. The van der Waals surface area contributed by atoms with Gasteiger partial charge in [-0.1, -0.05) is 19.3 Å². The van der Waals surface area contributed by atoms with Crippen molar-refractivity contribution in [3.63, 3.8) is 0 Å². The predicted octanol–water partition coefficient (Wildman–Crippen LogP) is 0.0177. The van der Waals surface area contributed by atoms with Crippen LogP contribution >= 0.6 is 0 Å². The highest BCUT2D eigenvalue weighted by Gasteiger charge is 2.17. The lowest BCUT2D eigenvalue weighted by molar-refractivity contribution is -0.120. The second-order valence-corrected chi connectivity index (χ2v) is 7.07. The summed E-state index contributed by atoms with van der Waals surface area (Å²) in [6.07, 6.45) is 5.41. The highest BCUT2D eigenvalue weighted by Crippen LogP contribution is 2.17. The third-order valence-corrected chi connectivity index (χ3v) is 4.64. The van der Waals surface area contributed by atoms with E-state index in [1.807, 2.05) is 0 Å². The van der Waals surface area contributed by atoms with Crippen LogP contribution in [0.15, 0.2) is 0 Å². The summed E-state index contributed by atoms with van der Waals surface area (Å²) in [6.45, 7) is 0.658. The molecule has 21 heavy (non-hydrogen) atoms. The fourth-order valence-electron chi connectivity index (χ4n) is 2.19. The fraction of sp³-hybridized carbons (Fsp3) is 0.923. The van der Waals surface area contributed by atoms with Crippen LogP contribution in [0.25, 0.3) is 0 Å². The Morgan fingerprint density at radius 1 is 1.14 bits per heavy atom. The van der Waals surface area contributed by atoms with Gasteiger partial charge in [-0.3, -0.25) is 4.79 Å². The molecule has 0 aromatic rings. The molecule has 0 aliphatic heterocycles. The van der Waals surface area contributed by atoms with Gasteiger partial charge in [0, 0.05) is 13.2 Å². The summed E-state index contributed by atoms with van der Waals surface area (Å²) in [5, 5.41) is 2.86. The van der Waals surface area contributed by atoms with Crippen molar-refractivity contribution in [3.05, 3.63) is 0 Å². The zero-order valence-electron chi connectivity index (χ0n) is 12.6. The SMILES string of the molecule is COCCOCCS(=O)(=O)NCC(=O)NC1CCCCC1. The van der Waals surface area contributed by atoms with Crippen LogP contribution in [0.3, 0.4) is 0 Å². The average Bonchev–Trinajstić information content (AvgIpc) is 2.46. The first kappa shape index (κ1) is 18.3. The summed E-state index contributed by atoms with van der Waals surface area (Å²) >= 11 is 0. The number of rotatable bonds is 10. The topological polar surface area (TPSA) is 93.7 Å². The largest absolute Gasteiger partial charge is 0.382 e. The van der Waals surface area contributed by atoms with E-state index in [1.54, 1.807) is 7.11 Å². The van der Waals surface area contributed by atoms with Crippen LogP contribution in [-0.4, -0.2) is 59.6 Å². The summed E-state index contributed by atoms with van der Waals surface area (Å²) < 4.78 is 35.5. The molecule has 0 aromatic heterocycles. The lowest BCUT2D eigenvalue weighted by Crippen LogP contribution is -2.43. The highest BCUT2D eigenvalue weighted by atomic mass is 32.2. The summed E-state index contributed by atoms with van der Waals surface area (Å²) in [4.78, 5) is 11.7. The zero-order valence-corrected chi connectivity index (χ0v) is 13.4. The van der Waals surface area contributed by atoms with Gasteiger partial charge in [-0.05, 0) is 12.8 Å². The molecule has 0 spiro atoms. The van der Waals surface area contributed by atoms with Gasteiger partial charge in [0.1, 0.15) is 0 Å². The van der Waals surface area contributed by atoms with Crippen LogP contribution in [0.1, 0.15) is 32.1 Å². The van der Waals surface area contributed by atoms with Crippen molar-refractivity contribution in [2.75, 3.05) is 39.2 Å². The number of carbonyl (C=O) groups is 1. The maximum Gasteiger partial charge on any atom is 0.235 e. The molecule has 0 aromatic carbocycles. The minimum Gasteiger partial charge on any atom is -0.382 e. The first-order chi connectivity index (χ1) is 10.0. The van der Waals surface area contributed by atoms with E-state index in [0.717, 1.165) is 25.7 Å². The number of nitrogens with one attached hydrogen (secondary N) is 2. The van der Waals surface area contributed by atoms with Crippen molar-refractivity contribution in [2.24, 2.45) is 0 Å². The molecule has 1 rings (SSSR count). The fourth-order valence-corrected chi connectivity index (χ4v) is 3.02. The second-order valence-electron chi connectivity index (χ2n) is 5.15. The van der Waals surface area contributed by atoms with E-state index in [-0.39, 0.29) is 30.9 Å². The Hall–Kier alpha value is -0.700. The molecule has 0 saturated heterocycles. The van der Waals surface area contributed by atoms with E-state index in [9.17, 15) is 13.2 Å². The van der Waals surface area contributed by atoms with E-state index in [0.29, 0.717) is 13.2 Å². The monoisotopic (exact) mass is 322 g/mol. The summed E-state index contributed by atoms with van der Waals surface area (Å²) in [5.41, 5.74) is 0. The molecule has 2 N–H and O–H groups in total. The van der Waals surface area contributed by atoms with Crippen LogP contribution in [0.2, 0.25) is 0 Å². The van der Waals surface area contributed by atoms with E-state index >= 15 is 0 Å². The Bertz CT molecular complexity index is 393. The van der Waals surface area contributed by atoms with Gasteiger partial charge in [0.15, 0.2) is 0 Å². The smallest absolute Gasteiger partial charge is 0.235 e. The number of hydrogen-bond acceptors (Lipinski definition) is 5. The van der Waals surface area contributed by atoms with Crippen LogP contribution in [0.5, 0.6) is 0 Å². The third kappa shape index (κ3) is 9.02. The van der Waals surface area contributed by atoms with Gasteiger partial charge in [-0.25, -0.2) is 13.1 Å². The predicted molar refractivity (Wildman–Crippen MR) is 79.5 cm³/mol. The van der Waals surface area contributed by atoms with Gasteiger partial charge in [0.25, 0.3) is 0 Å². The van der Waals surface area contributed by atoms with Gasteiger partial charge in [-0.2, -0.15) is 0 Å². The molecule has 0 unspecified atom stereocenters. The number of sulfonamides is 1. The maximum atomic E-state index is 11.7. The number of ether oxygens (including phenoxy) is 2. The summed E-state index contributed by atoms with van der Waals surface area (Å²) in [7, 11) is -1.93. The Kier molecular flexibility index (Phi) is 8.82. The normalized spacial score (nSPS) is 16.8. The Morgan fingerprint density at radius 2 is 1.86 bits per heavy atom. The first-order valence-electron chi connectivity index (χ1n) is 7.37. The minimum atomic E-state index is -3.48. The van der Waals surface area contributed by atoms with Crippen molar-refractivity contribution >= 4 is 15.9 Å². The average molecular weight is 322 g/mol. The van der Waals surface area contributed by atoms with Crippen molar-refractivity contribution in [1.82, 2.24) is 10.0 Å². The molecule has 1 fully saturated rings. The zero-order chi connectivity index (χ0) is 15.6. The molecule has 8 heteroatoms. The number of hydrogen-bond donors (Lipinski definition) is 2. The number of methoxy groups -OCH3 is 1. The molecule has 1 aliphatic rings. The van der Waals surface area contributed by atoms with Gasteiger partial charge in [0.2, 0.25) is 15.9 Å². The molecule has 0 bridgehead atoms. The van der Waals surface area contributed by atoms with E-state index < -0.39 is 10.0 Å². The highest BCUT2D eigenvalue weighted by molar-refractivity contribution is 7.89. The van der Waals surface area contributed by atoms with E-state index in [4.69, 9.17) is 9.47 Å². The number of carbonyl (C=O) groups excluding carboxylic acids is 1. The van der Waals surface area contributed by atoms with Crippen LogP contribution in [0, 0.1) is 0 Å². The van der Waals surface area contributed by atoms with Crippen molar-refractivity contribution in [1.29, 1.82) is 0 Å². The van der Waals surface area contributed by atoms with Gasteiger partial charge >= 0.3 is 0 Å². The molecular weight excluding hydrogens is 296 g/mol. The van der Waals surface area contributed by atoms with Crippen LogP contribution in [0.4, 0.5) is 0 Å². The summed E-state index contributed by atoms with van der Waals surface area (Å²) in [6, 6.07) is 0.188. The molecule has 0 atom stereocenters. The van der Waals surface area contributed by atoms with Crippen molar-refractivity contribution in [3.8, 4) is 0 Å². The molecule has 1 amide bonds. The van der Waals surface area contributed by atoms with Gasteiger partial charge in [0.05, 0.1) is 32.1 Å². The van der Waals surface area contributed by atoms with Crippen molar-refractivity contribution in [2.45, 2.75) is 38.1 Å². The van der Waals surface area contributed by atoms with Gasteiger partial charge in [-0.15, -0.1) is 0 Å². The number of amides is 1. The lowest BCUT2D eigenvalue weighted by Gasteiger charge is -2.22. The maximum absolute atomic E-state index is 11.7. The van der Waals surface area contributed by atoms with Crippen molar-refractivity contribution < 1.29 is 22.7 Å². The standard InChI is InChI=1S/C13H26N2O5S/c1-19-7-8-20-9-10-21(17,18)14-11-13(16)15-12-5-3-2-4-6-12/h12,14H,2-11H2,1H3,(H,15,16). The molecule has 1 saturated carbocycles. The molecule has 0 radical (unpaired) electrons. The molecular formula is C13H26N2O5S. The second kappa shape index (κ2) is 10.1.